The Hall–Kier alpha value is -0.130. The molecule has 2 N–H and O–H groups in total. The normalized spacial score (nSPS) is 15.2. The lowest BCUT2D eigenvalue weighted by atomic mass is 10.5. The van der Waals surface area contributed by atoms with Crippen molar-refractivity contribution in [3.63, 3.8) is 0 Å². The first kappa shape index (κ1) is 22.9. The SMILES string of the molecule is CCNC(=NCCNS(=O)(=O)CC)N(C)CCOCC1CC1.I. The monoisotopic (exact) mass is 462 g/mol. The fraction of sp³-hybridized carbons (Fsp3) is 0.929. The quantitative estimate of drug-likeness (QED) is 0.206. The number of rotatable bonds is 11. The lowest BCUT2D eigenvalue weighted by Crippen LogP contribution is -2.41. The predicted octanol–water partition coefficient (Wildman–Crippen LogP) is 0.868. The van der Waals surface area contributed by atoms with Crippen LogP contribution in [-0.2, 0) is 14.8 Å². The summed E-state index contributed by atoms with van der Waals surface area (Å²) >= 11 is 0. The minimum atomic E-state index is -3.14. The lowest BCUT2D eigenvalue weighted by molar-refractivity contribution is 0.115. The van der Waals surface area contributed by atoms with Gasteiger partial charge in [0.1, 0.15) is 0 Å². The third kappa shape index (κ3) is 11.1. The van der Waals surface area contributed by atoms with Crippen LogP contribution in [0.25, 0.3) is 0 Å². The fourth-order valence-corrected chi connectivity index (χ4v) is 2.38. The molecule has 1 rings (SSSR count). The highest BCUT2D eigenvalue weighted by atomic mass is 127. The average molecular weight is 462 g/mol. The minimum absolute atomic E-state index is 0. The summed E-state index contributed by atoms with van der Waals surface area (Å²) in [6, 6.07) is 0. The average Bonchev–Trinajstić information content (AvgIpc) is 3.31. The molecule has 0 aliphatic heterocycles. The first-order chi connectivity index (χ1) is 10.5. The number of likely N-dealkylation sites (N-methyl/N-ethyl adjacent to an activating group) is 1. The molecule has 7 nitrogen and oxygen atoms in total. The Kier molecular flexibility index (Phi) is 12.2. The number of halogens is 1. The first-order valence-corrected chi connectivity index (χ1v) is 9.68. The Morgan fingerprint density at radius 3 is 2.61 bits per heavy atom. The fourth-order valence-electron chi connectivity index (χ4n) is 1.78. The Balaban J connectivity index is 0.00000484. The summed E-state index contributed by atoms with van der Waals surface area (Å²) in [4.78, 5) is 6.43. The van der Waals surface area contributed by atoms with Gasteiger partial charge < -0.3 is 15.0 Å². The van der Waals surface area contributed by atoms with Gasteiger partial charge in [0.15, 0.2) is 5.96 Å². The molecule has 0 aromatic rings. The molecule has 0 spiro atoms. The van der Waals surface area contributed by atoms with Crippen molar-refractivity contribution >= 4 is 40.0 Å². The molecule has 1 aliphatic rings. The van der Waals surface area contributed by atoms with Gasteiger partial charge in [0.25, 0.3) is 0 Å². The van der Waals surface area contributed by atoms with Crippen LogP contribution < -0.4 is 10.0 Å². The molecule has 0 aromatic heterocycles. The standard InChI is InChI=1S/C14H30N4O3S.HI/c1-4-15-14(16-8-9-17-22(19,20)5-2)18(3)10-11-21-12-13-6-7-13;/h13,17H,4-12H2,1-3H3,(H,15,16);1H. The van der Waals surface area contributed by atoms with Gasteiger partial charge in [-0.1, -0.05) is 0 Å². The molecule has 0 heterocycles. The van der Waals surface area contributed by atoms with Gasteiger partial charge >= 0.3 is 0 Å². The van der Waals surface area contributed by atoms with Crippen LogP contribution in [0.1, 0.15) is 26.7 Å². The molecule has 0 radical (unpaired) electrons. The van der Waals surface area contributed by atoms with Crippen LogP contribution in [0.3, 0.4) is 0 Å². The Bertz CT molecular complexity index is 441. The summed E-state index contributed by atoms with van der Waals surface area (Å²) in [7, 11) is -1.19. The van der Waals surface area contributed by atoms with Gasteiger partial charge in [-0.2, -0.15) is 0 Å². The number of hydrogen-bond acceptors (Lipinski definition) is 4. The predicted molar refractivity (Wildman–Crippen MR) is 105 cm³/mol. The maximum atomic E-state index is 11.3. The van der Waals surface area contributed by atoms with Crippen LogP contribution in [0.15, 0.2) is 4.99 Å². The van der Waals surface area contributed by atoms with Gasteiger partial charge in [-0.25, -0.2) is 13.1 Å². The molecule has 9 heteroatoms. The van der Waals surface area contributed by atoms with Crippen LogP contribution in [-0.4, -0.2) is 71.5 Å². The molecule has 138 valence electrons. The second kappa shape index (κ2) is 12.3. The molecule has 1 aliphatic carbocycles. The summed E-state index contributed by atoms with van der Waals surface area (Å²) < 4.78 is 30.8. The molecule has 0 saturated heterocycles. The van der Waals surface area contributed by atoms with Gasteiger partial charge in [-0.3, -0.25) is 4.99 Å². The molecule has 0 aromatic carbocycles. The minimum Gasteiger partial charge on any atom is -0.379 e. The Labute approximate surface area is 157 Å². The van der Waals surface area contributed by atoms with Gasteiger partial charge in [0, 0.05) is 33.3 Å². The number of sulfonamides is 1. The highest BCUT2D eigenvalue weighted by molar-refractivity contribution is 14.0. The molecular weight excluding hydrogens is 431 g/mol. The van der Waals surface area contributed by atoms with E-state index in [1.807, 2.05) is 18.9 Å². The third-order valence-electron chi connectivity index (χ3n) is 3.39. The van der Waals surface area contributed by atoms with Crippen molar-refractivity contribution in [1.82, 2.24) is 14.9 Å². The molecule has 23 heavy (non-hydrogen) atoms. The molecule has 0 unspecified atom stereocenters. The van der Waals surface area contributed by atoms with Crippen molar-refractivity contribution < 1.29 is 13.2 Å². The first-order valence-electron chi connectivity index (χ1n) is 8.03. The second-order valence-electron chi connectivity index (χ2n) is 5.47. The summed E-state index contributed by atoms with van der Waals surface area (Å²) in [6.45, 7) is 7.43. The number of hydrogen-bond donors (Lipinski definition) is 2. The maximum Gasteiger partial charge on any atom is 0.211 e. The van der Waals surface area contributed by atoms with Crippen LogP contribution in [0.5, 0.6) is 0 Å². The summed E-state index contributed by atoms with van der Waals surface area (Å²) in [5.41, 5.74) is 0. The molecule has 0 atom stereocenters. The van der Waals surface area contributed by atoms with E-state index in [2.05, 4.69) is 15.0 Å². The van der Waals surface area contributed by atoms with Crippen molar-refractivity contribution in [2.45, 2.75) is 26.7 Å². The van der Waals surface area contributed by atoms with Crippen molar-refractivity contribution in [3.05, 3.63) is 0 Å². The van der Waals surface area contributed by atoms with Crippen LogP contribution in [0, 0.1) is 5.92 Å². The molecule has 1 fully saturated rings. The van der Waals surface area contributed by atoms with E-state index in [0.717, 1.165) is 31.6 Å². The number of nitrogens with one attached hydrogen (secondary N) is 2. The third-order valence-corrected chi connectivity index (χ3v) is 4.80. The second-order valence-corrected chi connectivity index (χ2v) is 7.57. The van der Waals surface area contributed by atoms with E-state index in [9.17, 15) is 8.42 Å². The Morgan fingerprint density at radius 2 is 2.04 bits per heavy atom. The van der Waals surface area contributed by atoms with Crippen molar-refractivity contribution in [3.8, 4) is 0 Å². The topological polar surface area (TPSA) is 83.0 Å². The number of ether oxygens (including phenoxy) is 1. The van der Waals surface area contributed by atoms with Crippen LogP contribution >= 0.6 is 24.0 Å². The zero-order valence-electron chi connectivity index (χ0n) is 14.4. The van der Waals surface area contributed by atoms with E-state index in [1.165, 1.54) is 12.8 Å². The van der Waals surface area contributed by atoms with Gasteiger partial charge in [-0.15, -0.1) is 24.0 Å². The number of aliphatic imine (C=N–C) groups is 1. The Morgan fingerprint density at radius 1 is 1.35 bits per heavy atom. The zero-order chi connectivity index (χ0) is 16.4. The van der Waals surface area contributed by atoms with E-state index < -0.39 is 10.0 Å². The largest absolute Gasteiger partial charge is 0.379 e. The number of guanidine groups is 1. The van der Waals surface area contributed by atoms with E-state index in [4.69, 9.17) is 4.74 Å². The zero-order valence-corrected chi connectivity index (χ0v) is 17.5. The molecule has 0 amide bonds. The van der Waals surface area contributed by atoms with E-state index >= 15 is 0 Å². The lowest BCUT2D eigenvalue weighted by Gasteiger charge is -2.22. The van der Waals surface area contributed by atoms with Crippen molar-refractivity contribution in [2.24, 2.45) is 10.9 Å². The van der Waals surface area contributed by atoms with E-state index in [1.54, 1.807) is 6.92 Å². The molecule has 0 bridgehead atoms. The highest BCUT2D eigenvalue weighted by Gasteiger charge is 2.21. The van der Waals surface area contributed by atoms with Crippen LogP contribution in [0.4, 0.5) is 0 Å². The summed E-state index contributed by atoms with van der Waals surface area (Å²) in [5.74, 6) is 1.64. The maximum absolute atomic E-state index is 11.3. The van der Waals surface area contributed by atoms with E-state index in [0.29, 0.717) is 19.7 Å². The molecular formula is C14H31IN4O3S. The van der Waals surface area contributed by atoms with Crippen LogP contribution in [0.2, 0.25) is 0 Å². The van der Waals surface area contributed by atoms with Gasteiger partial charge in [0.05, 0.1) is 18.9 Å². The smallest absolute Gasteiger partial charge is 0.211 e. The summed E-state index contributed by atoms with van der Waals surface area (Å²) in [5, 5.41) is 3.20. The number of nitrogens with zero attached hydrogens (tertiary/aromatic N) is 2. The highest BCUT2D eigenvalue weighted by Crippen LogP contribution is 2.28. The molecule has 1 saturated carbocycles. The van der Waals surface area contributed by atoms with Gasteiger partial charge in [0.2, 0.25) is 10.0 Å². The van der Waals surface area contributed by atoms with Crippen molar-refractivity contribution in [1.29, 1.82) is 0 Å². The van der Waals surface area contributed by atoms with Gasteiger partial charge in [-0.05, 0) is 32.6 Å². The van der Waals surface area contributed by atoms with Crippen molar-refractivity contribution in [2.75, 3.05) is 52.2 Å². The summed E-state index contributed by atoms with van der Waals surface area (Å²) in [6.07, 6.45) is 2.60. The van der Waals surface area contributed by atoms with E-state index in [-0.39, 0.29) is 29.7 Å².